The maximum absolute atomic E-state index is 10.7. The summed E-state index contributed by atoms with van der Waals surface area (Å²) in [4.78, 5) is 10.3. The summed E-state index contributed by atoms with van der Waals surface area (Å²) in [6.07, 6.45) is 0.928. The molecule has 21 heavy (non-hydrogen) atoms. The number of nitrogens with one attached hydrogen (secondary N) is 2. The highest BCUT2D eigenvalue weighted by molar-refractivity contribution is 5.51. The van der Waals surface area contributed by atoms with Crippen LogP contribution in [-0.4, -0.2) is 18.0 Å². The molecule has 0 spiro atoms. The Balaban J connectivity index is 1.74. The molecule has 2 N–H and O–H groups in total. The van der Waals surface area contributed by atoms with Crippen molar-refractivity contribution in [3.63, 3.8) is 0 Å². The zero-order valence-electron chi connectivity index (χ0n) is 12.0. The van der Waals surface area contributed by atoms with Crippen LogP contribution in [0.3, 0.4) is 0 Å². The van der Waals surface area contributed by atoms with Crippen LogP contribution >= 0.6 is 0 Å². The molecule has 0 atom stereocenters. The van der Waals surface area contributed by atoms with E-state index in [0.29, 0.717) is 0 Å². The first-order valence-electron chi connectivity index (χ1n) is 6.94. The van der Waals surface area contributed by atoms with Crippen LogP contribution in [0.5, 0.6) is 0 Å². The third kappa shape index (κ3) is 4.49. The molecule has 110 valence electrons. The van der Waals surface area contributed by atoms with Crippen molar-refractivity contribution in [3.05, 3.63) is 64.2 Å². The summed E-state index contributed by atoms with van der Waals surface area (Å²) in [5, 5.41) is 17.3. The first-order valence-corrected chi connectivity index (χ1v) is 6.94. The molecule has 0 unspecified atom stereocenters. The summed E-state index contributed by atoms with van der Waals surface area (Å²) in [6.45, 7) is 3.69. The van der Waals surface area contributed by atoms with Crippen LogP contribution < -0.4 is 10.6 Å². The fourth-order valence-corrected chi connectivity index (χ4v) is 2.04. The summed E-state index contributed by atoms with van der Waals surface area (Å²) < 4.78 is 0. The van der Waals surface area contributed by atoms with E-state index in [4.69, 9.17) is 0 Å². The van der Waals surface area contributed by atoms with Gasteiger partial charge >= 0.3 is 0 Å². The van der Waals surface area contributed by atoms with Crippen molar-refractivity contribution in [1.29, 1.82) is 0 Å². The number of hydrogen-bond donors (Lipinski definition) is 2. The van der Waals surface area contributed by atoms with Gasteiger partial charge in [0, 0.05) is 36.6 Å². The first kappa shape index (κ1) is 14.8. The van der Waals surface area contributed by atoms with Crippen molar-refractivity contribution < 1.29 is 4.92 Å². The average molecular weight is 285 g/mol. The molecule has 0 fully saturated rings. The lowest BCUT2D eigenvalue weighted by Gasteiger charge is -2.10. The van der Waals surface area contributed by atoms with E-state index in [9.17, 15) is 10.1 Å². The van der Waals surface area contributed by atoms with E-state index < -0.39 is 0 Å². The van der Waals surface area contributed by atoms with Crippen molar-refractivity contribution in [1.82, 2.24) is 0 Å². The number of nitrogens with zero attached hydrogens (tertiary/aromatic N) is 1. The van der Waals surface area contributed by atoms with E-state index in [-0.39, 0.29) is 10.6 Å². The Kier molecular flexibility index (Phi) is 5.15. The Morgan fingerprint density at radius 1 is 1.05 bits per heavy atom. The Morgan fingerprint density at radius 3 is 2.57 bits per heavy atom. The van der Waals surface area contributed by atoms with Crippen LogP contribution in [0.4, 0.5) is 17.1 Å². The molecule has 0 heterocycles. The number of nitro groups is 1. The lowest BCUT2D eigenvalue weighted by molar-refractivity contribution is -0.384. The maximum atomic E-state index is 10.7. The zero-order valence-corrected chi connectivity index (χ0v) is 12.0. The summed E-state index contributed by atoms with van der Waals surface area (Å²) >= 11 is 0. The lowest BCUT2D eigenvalue weighted by atomic mass is 10.2. The molecule has 0 amide bonds. The van der Waals surface area contributed by atoms with E-state index in [2.05, 4.69) is 29.7 Å². The fourth-order valence-electron chi connectivity index (χ4n) is 2.04. The second-order valence-electron chi connectivity index (χ2n) is 4.83. The van der Waals surface area contributed by atoms with E-state index in [1.54, 1.807) is 12.1 Å². The molecule has 5 heteroatoms. The van der Waals surface area contributed by atoms with Gasteiger partial charge in [-0.3, -0.25) is 10.1 Å². The van der Waals surface area contributed by atoms with Crippen LogP contribution in [0.15, 0.2) is 48.5 Å². The van der Waals surface area contributed by atoms with Crippen molar-refractivity contribution in [2.45, 2.75) is 13.3 Å². The number of rotatable bonds is 7. The SMILES string of the molecule is Cc1ccccc1NCCCNc1cccc([N+](=O)[O-])c1. The minimum atomic E-state index is -0.384. The molecule has 0 aliphatic carbocycles. The van der Waals surface area contributed by atoms with E-state index in [1.807, 2.05) is 18.2 Å². The Hall–Kier alpha value is -2.56. The predicted molar refractivity (Wildman–Crippen MR) is 85.9 cm³/mol. The molecule has 0 saturated heterocycles. The van der Waals surface area contributed by atoms with Gasteiger partial charge in [0.1, 0.15) is 0 Å². The van der Waals surface area contributed by atoms with Crippen LogP contribution in [-0.2, 0) is 0 Å². The minimum absolute atomic E-state index is 0.109. The Bertz CT molecular complexity index is 614. The van der Waals surface area contributed by atoms with Crippen molar-refractivity contribution in [2.24, 2.45) is 0 Å². The van der Waals surface area contributed by atoms with E-state index >= 15 is 0 Å². The molecular weight excluding hydrogens is 266 g/mol. The lowest BCUT2D eigenvalue weighted by Crippen LogP contribution is -2.09. The monoisotopic (exact) mass is 285 g/mol. The highest BCUT2D eigenvalue weighted by Gasteiger charge is 2.04. The number of nitro benzene ring substituents is 1. The third-order valence-corrected chi connectivity index (χ3v) is 3.20. The molecule has 2 aromatic rings. The standard InChI is InChI=1S/C16H19N3O2/c1-13-6-2-3-9-16(13)18-11-5-10-17-14-7-4-8-15(12-14)19(20)21/h2-4,6-9,12,17-18H,5,10-11H2,1H3. The number of hydrogen-bond acceptors (Lipinski definition) is 4. The van der Waals surface area contributed by atoms with Gasteiger partial charge in [-0.15, -0.1) is 0 Å². The molecule has 0 saturated carbocycles. The van der Waals surface area contributed by atoms with Crippen molar-refractivity contribution in [3.8, 4) is 0 Å². The highest BCUT2D eigenvalue weighted by atomic mass is 16.6. The van der Waals surface area contributed by atoms with Gasteiger partial charge in [-0.25, -0.2) is 0 Å². The third-order valence-electron chi connectivity index (χ3n) is 3.20. The van der Waals surface area contributed by atoms with Crippen LogP contribution in [0.25, 0.3) is 0 Å². The number of non-ortho nitro benzene ring substituents is 1. The second-order valence-corrected chi connectivity index (χ2v) is 4.83. The Morgan fingerprint density at radius 2 is 1.81 bits per heavy atom. The molecule has 0 aliphatic rings. The maximum Gasteiger partial charge on any atom is 0.271 e. The number of anilines is 2. The number of para-hydroxylation sites is 1. The van der Waals surface area contributed by atoms with Gasteiger partial charge in [-0.2, -0.15) is 0 Å². The smallest absolute Gasteiger partial charge is 0.271 e. The molecule has 2 aromatic carbocycles. The largest absolute Gasteiger partial charge is 0.385 e. The fraction of sp³-hybridized carbons (Fsp3) is 0.250. The van der Waals surface area contributed by atoms with Crippen LogP contribution in [0.1, 0.15) is 12.0 Å². The van der Waals surface area contributed by atoms with Crippen LogP contribution in [0.2, 0.25) is 0 Å². The van der Waals surface area contributed by atoms with Gasteiger partial charge in [-0.1, -0.05) is 24.3 Å². The summed E-state index contributed by atoms with van der Waals surface area (Å²) in [5.74, 6) is 0. The van der Waals surface area contributed by atoms with E-state index in [0.717, 1.165) is 30.9 Å². The zero-order chi connectivity index (χ0) is 15.1. The van der Waals surface area contributed by atoms with Gasteiger partial charge in [0.25, 0.3) is 5.69 Å². The highest BCUT2D eigenvalue weighted by Crippen LogP contribution is 2.17. The minimum Gasteiger partial charge on any atom is -0.385 e. The molecule has 2 rings (SSSR count). The Labute approximate surface area is 124 Å². The summed E-state index contributed by atoms with van der Waals surface area (Å²) in [7, 11) is 0. The first-order chi connectivity index (χ1) is 10.2. The van der Waals surface area contributed by atoms with Gasteiger partial charge in [-0.05, 0) is 31.0 Å². The predicted octanol–water partition coefficient (Wildman–Crippen LogP) is 3.82. The quantitative estimate of drug-likeness (QED) is 0.461. The van der Waals surface area contributed by atoms with E-state index in [1.165, 1.54) is 11.6 Å². The second kappa shape index (κ2) is 7.28. The summed E-state index contributed by atoms with van der Waals surface area (Å²) in [6, 6.07) is 14.7. The van der Waals surface area contributed by atoms with Gasteiger partial charge in [0.15, 0.2) is 0 Å². The van der Waals surface area contributed by atoms with Gasteiger partial charge in [0.05, 0.1) is 4.92 Å². The molecule has 0 aromatic heterocycles. The van der Waals surface area contributed by atoms with Crippen molar-refractivity contribution in [2.75, 3.05) is 23.7 Å². The number of benzene rings is 2. The van der Waals surface area contributed by atoms with Crippen LogP contribution in [0, 0.1) is 17.0 Å². The molecule has 5 nitrogen and oxygen atoms in total. The average Bonchev–Trinajstić information content (AvgIpc) is 2.49. The van der Waals surface area contributed by atoms with Gasteiger partial charge in [0.2, 0.25) is 0 Å². The number of aryl methyl sites for hydroxylation is 1. The molecule has 0 aliphatic heterocycles. The molecule has 0 bridgehead atoms. The normalized spacial score (nSPS) is 10.1. The van der Waals surface area contributed by atoms with Crippen molar-refractivity contribution >= 4 is 17.1 Å². The molecule has 0 radical (unpaired) electrons. The topological polar surface area (TPSA) is 67.2 Å². The van der Waals surface area contributed by atoms with Gasteiger partial charge < -0.3 is 10.6 Å². The summed E-state index contributed by atoms with van der Waals surface area (Å²) in [5.41, 5.74) is 3.26. The molecular formula is C16H19N3O2.